The van der Waals surface area contributed by atoms with Crippen LogP contribution in [0.2, 0.25) is 0 Å². The second-order valence-electron chi connectivity index (χ2n) is 4.53. The Balaban J connectivity index is 2.20. The summed E-state index contributed by atoms with van der Waals surface area (Å²) in [6.45, 7) is 4.03. The largest absolute Gasteiger partial charge is 0.490 e. The first-order valence-electron chi connectivity index (χ1n) is 7.13. The van der Waals surface area contributed by atoms with Gasteiger partial charge in [0.2, 0.25) is 5.95 Å². The number of anilines is 1. The van der Waals surface area contributed by atoms with Crippen molar-refractivity contribution in [1.29, 1.82) is 0 Å². The van der Waals surface area contributed by atoms with Crippen LogP contribution in [0.5, 0.6) is 5.75 Å². The third kappa shape index (κ3) is 4.43. The summed E-state index contributed by atoms with van der Waals surface area (Å²) in [5.74, 6) is 1.44. The minimum atomic E-state index is 0.513. The van der Waals surface area contributed by atoms with Gasteiger partial charge in [-0.25, -0.2) is 9.97 Å². The number of hydrogen-bond donors (Lipinski definition) is 1. The zero-order valence-corrected chi connectivity index (χ0v) is 12.5. The Morgan fingerprint density at radius 2 is 2.00 bits per heavy atom. The Morgan fingerprint density at radius 1 is 1.14 bits per heavy atom. The summed E-state index contributed by atoms with van der Waals surface area (Å²) in [7, 11) is 1.66. The molecule has 0 aliphatic heterocycles. The molecule has 2 aromatic rings. The van der Waals surface area contributed by atoms with Gasteiger partial charge in [-0.3, -0.25) is 0 Å². The molecule has 0 aliphatic rings. The molecule has 0 saturated carbocycles. The van der Waals surface area contributed by atoms with Crippen LogP contribution in [0.1, 0.15) is 13.3 Å². The van der Waals surface area contributed by atoms with Crippen molar-refractivity contribution < 1.29 is 9.47 Å². The Labute approximate surface area is 125 Å². The van der Waals surface area contributed by atoms with Crippen molar-refractivity contribution in [3.05, 3.63) is 36.5 Å². The molecule has 0 unspecified atom stereocenters. The molecule has 5 nitrogen and oxygen atoms in total. The maximum absolute atomic E-state index is 5.75. The number of hydrogen-bond acceptors (Lipinski definition) is 5. The lowest BCUT2D eigenvalue weighted by atomic mass is 10.1. The molecule has 5 heteroatoms. The maximum atomic E-state index is 5.75. The third-order valence-corrected chi connectivity index (χ3v) is 2.90. The highest BCUT2D eigenvalue weighted by Crippen LogP contribution is 2.28. The van der Waals surface area contributed by atoms with E-state index in [2.05, 4.69) is 22.2 Å². The SMILES string of the molecule is CCCNc1nccc(-c2ccccc2OCCOC)n1. The normalized spacial score (nSPS) is 10.4. The lowest BCUT2D eigenvalue weighted by Crippen LogP contribution is -2.06. The van der Waals surface area contributed by atoms with E-state index in [0.717, 1.165) is 30.0 Å². The van der Waals surface area contributed by atoms with Crippen LogP contribution < -0.4 is 10.1 Å². The van der Waals surface area contributed by atoms with Gasteiger partial charge in [-0.1, -0.05) is 19.1 Å². The van der Waals surface area contributed by atoms with Crippen LogP contribution in [-0.4, -0.2) is 36.8 Å². The van der Waals surface area contributed by atoms with Crippen molar-refractivity contribution in [2.24, 2.45) is 0 Å². The Bertz CT molecular complexity index is 561. The van der Waals surface area contributed by atoms with E-state index in [9.17, 15) is 0 Å². The summed E-state index contributed by atoms with van der Waals surface area (Å²) in [6, 6.07) is 9.73. The van der Waals surface area contributed by atoms with Crippen LogP contribution in [0.15, 0.2) is 36.5 Å². The molecule has 112 valence electrons. The third-order valence-electron chi connectivity index (χ3n) is 2.90. The summed E-state index contributed by atoms with van der Waals surface area (Å²) in [6.07, 6.45) is 2.79. The van der Waals surface area contributed by atoms with Gasteiger partial charge < -0.3 is 14.8 Å². The van der Waals surface area contributed by atoms with Crippen molar-refractivity contribution in [1.82, 2.24) is 9.97 Å². The van der Waals surface area contributed by atoms with Gasteiger partial charge in [-0.05, 0) is 24.6 Å². The van der Waals surface area contributed by atoms with E-state index >= 15 is 0 Å². The summed E-state index contributed by atoms with van der Waals surface area (Å²) in [4.78, 5) is 8.76. The lowest BCUT2D eigenvalue weighted by Gasteiger charge is -2.11. The van der Waals surface area contributed by atoms with E-state index in [4.69, 9.17) is 9.47 Å². The molecule has 0 fully saturated rings. The fourth-order valence-electron chi connectivity index (χ4n) is 1.87. The highest BCUT2D eigenvalue weighted by molar-refractivity contribution is 5.67. The lowest BCUT2D eigenvalue weighted by molar-refractivity contribution is 0.146. The predicted molar refractivity (Wildman–Crippen MR) is 83.6 cm³/mol. The van der Waals surface area contributed by atoms with Gasteiger partial charge in [0.1, 0.15) is 12.4 Å². The van der Waals surface area contributed by atoms with Gasteiger partial charge in [0, 0.05) is 25.4 Å². The molecular weight excluding hydrogens is 266 g/mol. The average Bonchev–Trinajstić information content (AvgIpc) is 2.54. The van der Waals surface area contributed by atoms with Crippen molar-refractivity contribution in [2.75, 3.05) is 32.2 Å². The van der Waals surface area contributed by atoms with Crippen LogP contribution in [0.25, 0.3) is 11.3 Å². The molecule has 1 heterocycles. The first-order valence-corrected chi connectivity index (χ1v) is 7.13. The zero-order valence-electron chi connectivity index (χ0n) is 12.5. The maximum Gasteiger partial charge on any atom is 0.223 e. The van der Waals surface area contributed by atoms with Gasteiger partial charge in [0.05, 0.1) is 12.3 Å². The molecule has 0 aliphatic carbocycles. The molecule has 1 aromatic heterocycles. The topological polar surface area (TPSA) is 56.3 Å². The number of ether oxygens (including phenoxy) is 2. The number of nitrogens with zero attached hydrogens (tertiary/aromatic N) is 2. The predicted octanol–water partition coefficient (Wildman–Crippen LogP) is 2.99. The fraction of sp³-hybridized carbons (Fsp3) is 0.375. The van der Waals surface area contributed by atoms with E-state index in [-0.39, 0.29) is 0 Å². The summed E-state index contributed by atoms with van der Waals surface area (Å²) < 4.78 is 10.8. The Morgan fingerprint density at radius 3 is 2.81 bits per heavy atom. The van der Waals surface area contributed by atoms with Crippen molar-refractivity contribution in [3.63, 3.8) is 0 Å². The minimum absolute atomic E-state index is 0.513. The van der Waals surface area contributed by atoms with E-state index in [1.807, 2.05) is 30.3 Å². The van der Waals surface area contributed by atoms with Crippen LogP contribution in [0.4, 0.5) is 5.95 Å². The first kappa shape index (κ1) is 15.3. The monoisotopic (exact) mass is 287 g/mol. The summed E-state index contributed by atoms with van der Waals surface area (Å²) in [5, 5.41) is 3.19. The first-order chi connectivity index (χ1) is 10.3. The Hall–Kier alpha value is -2.14. The molecule has 0 bridgehead atoms. The molecule has 21 heavy (non-hydrogen) atoms. The smallest absolute Gasteiger partial charge is 0.223 e. The molecule has 0 spiro atoms. The van der Waals surface area contributed by atoms with Crippen LogP contribution in [0, 0.1) is 0 Å². The van der Waals surface area contributed by atoms with E-state index in [1.165, 1.54) is 0 Å². The highest BCUT2D eigenvalue weighted by Gasteiger charge is 2.08. The second kappa shape index (κ2) is 8.21. The van der Waals surface area contributed by atoms with Crippen molar-refractivity contribution in [2.45, 2.75) is 13.3 Å². The molecule has 0 amide bonds. The number of benzene rings is 1. The van der Waals surface area contributed by atoms with Crippen LogP contribution >= 0.6 is 0 Å². The van der Waals surface area contributed by atoms with Gasteiger partial charge >= 0.3 is 0 Å². The fourth-order valence-corrected chi connectivity index (χ4v) is 1.87. The number of nitrogens with one attached hydrogen (secondary N) is 1. The van der Waals surface area contributed by atoms with Gasteiger partial charge in [-0.2, -0.15) is 0 Å². The summed E-state index contributed by atoms with van der Waals surface area (Å²) in [5.41, 5.74) is 1.80. The molecule has 2 rings (SSSR count). The standard InChI is InChI=1S/C16H21N3O2/c1-3-9-17-16-18-10-8-14(19-16)13-6-4-5-7-15(13)21-12-11-20-2/h4-8,10H,3,9,11-12H2,1-2H3,(H,17,18,19). The van der Waals surface area contributed by atoms with Gasteiger partial charge in [0.15, 0.2) is 0 Å². The number of aromatic nitrogens is 2. The quantitative estimate of drug-likeness (QED) is 0.756. The molecular formula is C16H21N3O2. The van der Waals surface area contributed by atoms with E-state index in [1.54, 1.807) is 13.3 Å². The van der Waals surface area contributed by atoms with Crippen molar-refractivity contribution in [3.8, 4) is 17.0 Å². The van der Waals surface area contributed by atoms with Gasteiger partial charge in [-0.15, -0.1) is 0 Å². The minimum Gasteiger partial charge on any atom is -0.490 e. The van der Waals surface area contributed by atoms with Crippen molar-refractivity contribution >= 4 is 5.95 Å². The molecule has 0 saturated heterocycles. The molecule has 0 radical (unpaired) electrons. The number of rotatable bonds is 8. The second-order valence-corrected chi connectivity index (χ2v) is 4.53. The van der Waals surface area contributed by atoms with Crippen LogP contribution in [0.3, 0.4) is 0 Å². The molecule has 0 atom stereocenters. The Kier molecular flexibility index (Phi) is 5.97. The zero-order chi connectivity index (χ0) is 14.9. The average molecular weight is 287 g/mol. The molecule has 1 aromatic carbocycles. The van der Waals surface area contributed by atoms with Gasteiger partial charge in [0.25, 0.3) is 0 Å². The highest BCUT2D eigenvalue weighted by atomic mass is 16.5. The molecule has 1 N–H and O–H groups in total. The van der Waals surface area contributed by atoms with E-state index in [0.29, 0.717) is 19.2 Å². The van der Waals surface area contributed by atoms with E-state index < -0.39 is 0 Å². The number of para-hydroxylation sites is 1. The number of methoxy groups -OCH3 is 1. The summed E-state index contributed by atoms with van der Waals surface area (Å²) >= 11 is 0. The van der Waals surface area contributed by atoms with Crippen LogP contribution in [-0.2, 0) is 4.74 Å².